The van der Waals surface area contributed by atoms with E-state index in [9.17, 15) is 9.36 Å². The van der Waals surface area contributed by atoms with E-state index in [1.165, 1.54) is 13.3 Å². The van der Waals surface area contributed by atoms with E-state index in [4.69, 9.17) is 47.5 Å². The predicted molar refractivity (Wildman–Crippen MR) is 115 cm³/mol. The number of anilines is 1. The average molecular weight is 509 g/mol. The third kappa shape index (κ3) is 4.21. The molecule has 2 aromatic rings. The van der Waals surface area contributed by atoms with Gasteiger partial charge in [-0.1, -0.05) is 11.6 Å². The Morgan fingerprint density at radius 2 is 2.16 bits per heavy atom. The Kier molecular flexibility index (Phi) is 6.17. The van der Waals surface area contributed by atoms with E-state index in [2.05, 4.69) is 20.0 Å². The summed E-state index contributed by atoms with van der Waals surface area (Å²) in [5, 5.41) is 2.68. The van der Waals surface area contributed by atoms with Crippen LogP contribution in [0.1, 0.15) is 33.9 Å². The highest BCUT2D eigenvalue weighted by molar-refractivity contribution is 7.51. The van der Waals surface area contributed by atoms with Gasteiger partial charge in [0, 0.05) is 0 Å². The van der Waals surface area contributed by atoms with Gasteiger partial charge in [-0.15, -0.1) is 11.6 Å². The first-order valence-corrected chi connectivity index (χ1v) is 12.1. The van der Waals surface area contributed by atoms with Crippen LogP contribution < -0.4 is 10.8 Å². The molecule has 0 radical (unpaired) electrons. The van der Waals surface area contributed by atoms with Crippen molar-refractivity contribution in [1.82, 2.24) is 24.6 Å². The standard InChI is InChI=1S/C17H23Cl2N6O6P/c1-7(2)29-14(26)8(3)24-32(27)28-5-9-11(31-32)17(4,19)15(30-9)25-6-21-10-12(18)22-16(20)23-13(10)25/h6-9,11,15H,5H2,1-4H3,(H,24,27)(H2,20,22,23)/t8?,9-,11-,15-,17-,32?/m1/s1. The number of rotatable bonds is 5. The summed E-state index contributed by atoms with van der Waals surface area (Å²) in [5.41, 5.74) is 6.38. The van der Waals surface area contributed by atoms with Gasteiger partial charge in [0.15, 0.2) is 17.0 Å². The fourth-order valence-corrected chi connectivity index (χ4v) is 6.02. The molecule has 12 nitrogen and oxygen atoms in total. The summed E-state index contributed by atoms with van der Waals surface area (Å²) in [6.45, 7) is 6.53. The molecular formula is C17H23Cl2N6O6P. The molecule has 176 valence electrons. The number of halogens is 2. The second kappa shape index (κ2) is 8.35. The van der Waals surface area contributed by atoms with Crippen LogP contribution in [0.25, 0.3) is 11.2 Å². The topological polar surface area (TPSA) is 153 Å². The lowest BCUT2D eigenvalue weighted by Crippen LogP contribution is -2.47. The maximum Gasteiger partial charge on any atom is 0.406 e. The molecule has 0 aliphatic carbocycles. The van der Waals surface area contributed by atoms with Crippen molar-refractivity contribution < 1.29 is 27.9 Å². The highest BCUT2D eigenvalue weighted by Gasteiger charge is 2.60. The van der Waals surface area contributed by atoms with Crippen molar-refractivity contribution in [2.24, 2.45) is 0 Å². The minimum atomic E-state index is -3.89. The lowest BCUT2D eigenvalue weighted by atomic mass is 10.0. The molecule has 2 fully saturated rings. The number of aromatic nitrogens is 4. The molecule has 0 amide bonds. The fourth-order valence-electron chi connectivity index (χ4n) is 3.62. The minimum Gasteiger partial charge on any atom is -0.462 e. The number of imidazole rings is 1. The number of hydrogen-bond acceptors (Lipinski definition) is 10. The first-order valence-electron chi connectivity index (χ1n) is 9.82. The minimum absolute atomic E-state index is 0.0357. The third-order valence-electron chi connectivity index (χ3n) is 5.05. The highest BCUT2D eigenvalue weighted by Crippen LogP contribution is 2.57. The van der Waals surface area contributed by atoms with Crippen LogP contribution in [0.15, 0.2) is 6.33 Å². The van der Waals surface area contributed by atoms with Gasteiger partial charge >= 0.3 is 13.7 Å². The monoisotopic (exact) mass is 508 g/mol. The van der Waals surface area contributed by atoms with E-state index in [1.807, 2.05) is 0 Å². The zero-order chi connectivity index (χ0) is 23.4. The van der Waals surface area contributed by atoms with Crippen LogP contribution in [-0.4, -0.2) is 61.3 Å². The normalized spacial score (nSPS) is 33.4. The molecular weight excluding hydrogens is 486 g/mol. The Labute approximate surface area is 193 Å². The second-order valence-corrected chi connectivity index (χ2v) is 10.9. The molecule has 15 heteroatoms. The molecule has 4 heterocycles. The molecule has 2 aliphatic rings. The molecule has 4 rings (SSSR count). The van der Waals surface area contributed by atoms with E-state index in [0.717, 1.165) is 0 Å². The van der Waals surface area contributed by atoms with Crippen LogP contribution >= 0.6 is 30.9 Å². The van der Waals surface area contributed by atoms with Gasteiger partial charge in [-0.05, 0) is 27.7 Å². The number of ether oxygens (including phenoxy) is 2. The molecule has 3 N–H and O–H groups in total. The summed E-state index contributed by atoms with van der Waals surface area (Å²) in [4.78, 5) is 23.2. The zero-order valence-electron chi connectivity index (χ0n) is 17.7. The summed E-state index contributed by atoms with van der Waals surface area (Å²) in [6, 6.07) is -0.932. The van der Waals surface area contributed by atoms with Crippen molar-refractivity contribution in [2.75, 3.05) is 12.3 Å². The van der Waals surface area contributed by atoms with E-state index in [1.54, 1.807) is 25.3 Å². The van der Waals surface area contributed by atoms with Crippen molar-refractivity contribution in [2.45, 2.75) is 63.2 Å². The first-order chi connectivity index (χ1) is 14.9. The average Bonchev–Trinajstić information content (AvgIpc) is 3.19. The number of fused-ring (bicyclic) bond motifs is 2. The number of alkyl halides is 1. The number of nitrogen functional groups attached to an aromatic ring is 1. The van der Waals surface area contributed by atoms with Gasteiger partial charge in [-0.25, -0.2) is 14.6 Å². The molecule has 0 bridgehead atoms. The highest BCUT2D eigenvalue weighted by atomic mass is 35.5. The summed E-state index contributed by atoms with van der Waals surface area (Å²) in [6.07, 6.45) is -1.18. The van der Waals surface area contributed by atoms with Crippen LogP contribution in [0, 0.1) is 0 Å². The van der Waals surface area contributed by atoms with Gasteiger partial charge in [-0.3, -0.25) is 18.4 Å². The Hall–Kier alpha value is -1.53. The van der Waals surface area contributed by atoms with Crippen LogP contribution in [0.5, 0.6) is 0 Å². The van der Waals surface area contributed by atoms with Crippen LogP contribution in [-0.2, 0) is 27.9 Å². The smallest absolute Gasteiger partial charge is 0.406 e. The maximum absolute atomic E-state index is 13.2. The summed E-state index contributed by atoms with van der Waals surface area (Å²) < 4.78 is 37.2. The molecule has 32 heavy (non-hydrogen) atoms. The molecule has 2 unspecified atom stereocenters. The second-order valence-electron chi connectivity index (χ2n) is 8.03. The maximum atomic E-state index is 13.2. The molecule has 2 aliphatic heterocycles. The van der Waals surface area contributed by atoms with Crippen LogP contribution in [0.2, 0.25) is 5.15 Å². The SMILES string of the molecule is CC(C)OC(=O)C(C)NP1(=O)OC[C@H]2O[C@@H](n3cnc4c(Cl)nc(N)nc43)[C@](C)(Cl)[C@@H]2O1. The molecule has 0 aromatic carbocycles. The third-order valence-corrected chi connectivity index (χ3v) is 7.41. The molecule has 0 spiro atoms. The van der Waals surface area contributed by atoms with E-state index < -0.39 is 43.1 Å². The van der Waals surface area contributed by atoms with Gasteiger partial charge in [0.05, 0.1) is 19.0 Å². The van der Waals surface area contributed by atoms with Gasteiger partial charge in [0.1, 0.15) is 28.6 Å². The molecule has 0 saturated carbocycles. The summed E-state index contributed by atoms with van der Waals surface area (Å²) in [5.74, 6) is -0.621. The van der Waals surface area contributed by atoms with E-state index in [0.29, 0.717) is 11.2 Å². The Morgan fingerprint density at radius 3 is 2.84 bits per heavy atom. The number of nitrogens with one attached hydrogen (secondary N) is 1. The van der Waals surface area contributed by atoms with E-state index >= 15 is 0 Å². The number of esters is 1. The van der Waals surface area contributed by atoms with Gasteiger partial charge in [0.2, 0.25) is 5.95 Å². The lowest BCUT2D eigenvalue weighted by Gasteiger charge is -2.36. The number of nitrogens with two attached hydrogens (primary N) is 1. The summed E-state index contributed by atoms with van der Waals surface area (Å²) >= 11 is 13.0. The fraction of sp³-hybridized carbons (Fsp3) is 0.647. The molecule has 2 saturated heterocycles. The number of nitrogens with zero attached hydrogens (tertiary/aromatic N) is 4. The molecule has 6 atom stereocenters. The van der Waals surface area contributed by atoms with Crippen LogP contribution in [0.4, 0.5) is 5.95 Å². The Balaban J connectivity index is 1.57. The summed E-state index contributed by atoms with van der Waals surface area (Å²) in [7, 11) is -3.89. The number of hydrogen-bond donors (Lipinski definition) is 2. The Bertz CT molecular complexity index is 1100. The largest absolute Gasteiger partial charge is 0.462 e. The van der Waals surface area contributed by atoms with E-state index in [-0.39, 0.29) is 23.8 Å². The number of carbonyl (C=O) groups excluding carboxylic acids is 1. The lowest BCUT2D eigenvalue weighted by molar-refractivity contribution is -0.149. The van der Waals surface area contributed by atoms with Crippen molar-refractivity contribution in [1.29, 1.82) is 0 Å². The van der Waals surface area contributed by atoms with Gasteiger partial charge in [0.25, 0.3) is 0 Å². The van der Waals surface area contributed by atoms with Crippen molar-refractivity contribution in [3.05, 3.63) is 11.5 Å². The van der Waals surface area contributed by atoms with Crippen molar-refractivity contribution in [3.63, 3.8) is 0 Å². The van der Waals surface area contributed by atoms with Crippen molar-refractivity contribution in [3.8, 4) is 0 Å². The first kappa shape index (κ1) is 23.6. The van der Waals surface area contributed by atoms with Crippen LogP contribution in [0.3, 0.4) is 0 Å². The van der Waals surface area contributed by atoms with Gasteiger partial charge < -0.3 is 15.2 Å². The zero-order valence-corrected chi connectivity index (χ0v) is 20.1. The molecule has 2 aromatic heterocycles. The van der Waals surface area contributed by atoms with Crippen molar-refractivity contribution >= 4 is 54.0 Å². The van der Waals surface area contributed by atoms with Gasteiger partial charge in [-0.2, -0.15) is 9.97 Å². The quantitative estimate of drug-likeness (QED) is 0.264. The Morgan fingerprint density at radius 1 is 1.44 bits per heavy atom. The predicted octanol–water partition coefficient (Wildman–Crippen LogP) is 2.41. The number of carbonyl (C=O) groups is 1.